The zero-order valence-electron chi connectivity index (χ0n) is 10.8. The van der Waals surface area contributed by atoms with Crippen LogP contribution in [-0.4, -0.2) is 12.0 Å². The van der Waals surface area contributed by atoms with Gasteiger partial charge in [0.15, 0.2) is 0 Å². The minimum atomic E-state index is 0.407. The van der Waals surface area contributed by atoms with Crippen LogP contribution in [0.2, 0.25) is 0 Å². The zero-order chi connectivity index (χ0) is 13.5. The van der Waals surface area contributed by atoms with Crippen LogP contribution in [0.15, 0.2) is 42.6 Å². The zero-order valence-corrected chi connectivity index (χ0v) is 10.8. The fourth-order valence-corrected chi connectivity index (χ4v) is 1.74. The molecule has 0 saturated carbocycles. The molecule has 0 fully saturated rings. The van der Waals surface area contributed by atoms with Crippen molar-refractivity contribution in [3.63, 3.8) is 0 Å². The van der Waals surface area contributed by atoms with Gasteiger partial charge in [-0.15, -0.1) is 0 Å². The van der Waals surface area contributed by atoms with Crippen molar-refractivity contribution in [3.8, 4) is 11.8 Å². The summed E-state index contributed by atoms with van der Waals surface area (Å²) in [7, 11) is 1.91. The van der Waals surface area contributed by atoms with Gasteiger partial charge in [0.05, 0.1) is 0 Å². The Morgan fingerprint density at radius 3 is 2.95 bits per heavy atom. The first-order valence-corrected chi connectivity index (χ1v) is 6.03. The van der Waals surface area contributed by atoms with Gasteiger partial charge in [-0.1, -0.05) is 12.1 Å². The first-order chi connectivity index (χ1) is 9.31. The molecule has 1 heterocycles. The van der Waals surface area contributed by atoms with Crippen molar-refractivity contribution in [3.05, 3.63) is 59.4 Å². The van der Waals surface area contributed by atoms with Crippen LogP contribution in [0.4, 0.5) is 0 Å². The van der Waals surface area contributed by atoms with Crippen molar-refractivity contribution in [2.24, 2.45) is 0 Å². The maximum absolute atomic E-state index is 8.78. The van der Waals surface area contributed by atoms with E-state index < -0.39 is 0 Å². The van der Waals surface area contributed by atoms with E-state index in [1.807, 2.05) is 43.4 Å². The number of hydrogen-bond donors (Lipinski definition) is 1. The summed E-state index contributed by atoms with van der Waals surface area (Å²) in [5.41, 5.74) is 2.52. The van der Waals surface area contributed by atoms with E-state index in [0.717, 1.165) is 17.9 Å². The molecule has 1 aromatic carbocycles. The Morgan fingerprint density at radius 1 is 1.26 bits per heavy atom. The monoisotopic (exact) mass is 253 g/mol. The van der Waals surface area contributed by atoms with Crippen molar-refractivity contribution >= 4 is 0 Å². The largest absolute Gasteiger partial charge is 0.489 e. The molecular weight excluding hydrogens is 238 g/mol. The summed E-state index contributed by atoms with van der Waals surface area (Å²) < 4.78 is 5.71. The van der Waals surface area contributed by atoms with Crippen LogP contribution in [0.1, 0.15) is 16.8 Å². The average molecular weight is 253 g/mol. The second-order valence-electron chi connectivity index (χ2n) is 4.13. The lowest BCUT2D eigenvalue weighted by atomic mass is 10.2. The summed E-state index contributed by atoms with van der Waals surface area (Å²) in [6.45, 7) is 1.24. The lowest BCUT2D eigenvalue weighted by Crippen LogP contribution is -2.05. The number of nitriles is 1. The van der Waals surface area contributed by atoms with Gasteiger partial charge in [-0.2, -0.15) is 5.26 Å². The number of rotatable bonds is 5. The SMILES string of the molecule is CNCc1cccc(OCc2ccnc(C#N)c2)c1. The van der Waals surface area contributed by atoms with Crippen molar-refractivity contribution in [2.45, 2.75) is 13.2 Å². The fraction of sp³-hybridized carbons (Fsp3) is 0.200. The molecule has 0 saturated heterocycles. The van der Waals surface area contributed by atoms with Crippen LogP contribution in [0.5, 0.6) is 5.75 Å². The third-order valence-electron chi connectivity index (χ3n) is 2.62. The van der Waals surface area contributed by atoms with Crippen LogP contribution < -0.4 is 10.1 Å². The third-order valence-corrected chi connectivity index (χ3v) is 2.62. The molecule has 0 aliphatic rings. The van der Waals surface area contributed by atoms with Gasteiger partial charge in [-0.3, -0.25) is 0 Å². The molecule has 0 atom stereocenters. The highest BCUT2D eigenvalue weighted by molar-refractivity contribution is 5.29. The van der Waals surface area contributed by atoms with Crippen molar-refractivity contribution in [1.29, 1.82) is 5.26 Å². The molecule has 0 radical (unpaired) electrons. The van der Waals surface area contributed by atoms with Gasteiger partial charge in [-0.05, 0) is 42.4 Å². The van der Waals surface area contributed by atoms with E-state index in [1.54, 1.807) is 12.3 Å². The summed E-state index contributed by atoms with van der Waals surface area (Å²) >= 11 is 0. The molecule has 4 nitrogen and oxygen atoms in total. The molecule has 0 unspecified atom stereocenters. The smallest absolute Gasteiger partial charge is 0.140 e. The third kappa shape index (κ3) is 3.80. The summed E-state index contributed by atoms with van der Waals surface area (Å²) in [4.78, 5) is 3.93. The van der Waals surface area contributed by atoms with Gasteiger partial charge in [-0.25, -0.2) is 4.98 Å². The maximum Gasteiger partial charge on any atom is 0.140 e. The topological polar surface area (TPSA) is 57.9 Å². The molecule has 2 rings (SSSR count). The lowest BCUT2D eigenvalue weighted by Gasteiger charge is -2.08. The number of benzene rings is 1. The van der Waals surface area contributed by atoms with E-state index in [1.165, 1.54) is 5.56 Å². The van der Waals surface area contributed by atoms with Gasteiger partial charge in [0, 0.05) is 12.7 Å². The van der Waals surface area contributed by atoms with Gasteiger partial charge in [0.25, 0.3) is 0 Å². The summed E-state index contributed by atoms with van der Waals surface area (Å²) in [6, 6.07) is 13.5. The standard InChI is InChI=1S/C15H15N3O/c1-17-10-12-3-2-4-15(8-12)19-11-13-5-6-18-14(7-13)9-16/h2-8,17H,10-11H2,1H3. The minimum absolute atomic E-state index is 0.407. The Labute approximate surface area is 112 Å². The Bertz CT molecular complexity index is 590. The van der Waals surface area contributed by atoms with E-state index in [4.69, 9.17) is 10.00 Å². The van der Waals surface area contributed by atoms with E-state index in [2.05, 4.69) is 10.3 Å². The molecule has 1 aromatic heterocycles. The van der Waals surface area contributed by atoms with Crippen molar-refractivity contribution < 1.29 is 4.74 Å². The molecule has 0 amide bonds. The van der Waals surface area contributed by atoms with Gasteiger partial charge < -0.3 is 10.1 Å². The number of nitrogens with zero attached hydrogens (tertiary/aromatic N) is 2. The van der Waals surface area contributed by atoms with E-state index in [9.17, 15) is 0 Å². The van der Waals surface area contributed by atoms with Gasteiger partial charge >= 0.3 is 0 Å². The molecule has 0 aliphatic carbocycles. The van der Waals surface area contributed by atoms with Crippen LogP contribution in [0, 0.1) is 11.3 Å². The minimum Gasteiger partial charge on any atom is -0.489 e. The average Bonchev–Trinajstić information content (AvgIpc) is 2.46. The number of aromatic nitrogens is 1. The Morgan fingerprint density at radius 2 is 2.16 bits per heavy atom. The van der Waals surface area contributed by atoms with Gasteiger partial charge in [0.2, 0.25) is 0 Å². The summed E-state index contributed by atoms with van der Waals surface area (Å²) in [5.74, 6) is 0.822. The summed E-state index contributed by atoms with van der Waals surface area (Å²) in [6.07, 6.45) is 1.62. The lowest BCUT2D eigenvalue weighted by molar-refractivity contribution is 0.305. The molecule has 1 N–H and O–H groups in total. The molecule has 19 heavy (non-hydrogen) atoms. The molecule has 96 valence electrons. The molecule has 0 spiro atoms. The van der Waals surface area contributed by atoms with E-state index >= 15 is 0 Å². The highest BCUT2D eigenvalue weighted by Gasteiger charge is 1.99. The Kier molecular flexibility index (Phi) is 4.49. The number of ether oxygens (including phenoxy) is 1. The first kappa shape index (κ1) is 13.1. The maximum atomic E-state index is 8.78. The highest BCUT2D eigenvalue weighted by Crippen LogP contribution is 2.15. The molecule has 0 bridgehead atoms. The van der Waals surface area contributed by atoms with Crippen LogP contribution in [-0.2, 0) is 13.2 Å². The number of pyridine rings is 1. The number of nitrogens with one attached hydrogen (secondary N) is 1. The van der Waals surface area contributed by atoms with E-state index in [0.29, 0.717) is 12.3 Å². The van der Waals surface area contributed by atoms with Gasteiger partial charge in [0.1, 0.15) is 24.1 Å². The summed E-state index contributed by atoms with van der Waals surface area (Å²) in [5, 5.41) is 11.9. The molecule has 4 heteroatoms. The second kappa shape index (κ2) is 6.53. The fourth-order valence-electron chi connectivity index (χ4n) is 1.74. The van der Waals surface area contributed by atoms with Crippen molar-refractivity contribution in [2.75, 3.05) is 7.05 Å². The number of hydrogen-bond acceptors (Lipinski definition) is 4. The highest BCUT2D eigenvalue weighted by atomic mass is 16.5. The Hall–Kier alpha value is -2.38. The first-order valence-electron chi connectivity index (χ1n) is 6.03. The van der Waals surface area contributed by atoms with E-state index in [-0.39, 0.29) is 0 Å². The van der Waals surface area contributed by atoms with Crippen LogP contribution >= 0.6 is 0 Å². The quantitative estimate of drug-likeness (QED) is 0.888. The van der Waals surface area contributed by atoms with Crippen LogP contribution in [0.25, 0.3) is 0 Å². The Balaban J connectivity index is 2.01. The molecule has 2 aromatic rings. The normalized spacial score (nSPS) is 9.89. The predicted molar refractivity (Wildman–Crippen MR) is 72.5 cm³/mol. The molecular formula is C15H15N3O. The second-order valence-corrected chi connectivity index (χ2v) is 4.13. The molecule has 0 aliphatic heterocycles. The van der Waals surface area contributed by atoms with Crippen LogP contribution in [0.3, 0.4) is 0 Å². The predicted octanol–water partition coefficient (Wildman–Crippen LogP) is 2.25. The van der Waals surface area contributed by atoms with Crippen molar-refractivity contribution in [1.82, 2.24) is 10.3 Å².